The predicted molar refractivity (Wildman–Crippen MR) is 79.7 cm³/mol. The van der Waals surface area contributed by atoms with Crippen LogP contribution >= 0.6 is 11.8 Å². The zero-order valence-corrected chi connectivity index (χ0v) is 12.2. The topological polar surface area (TPSA) is 89.1 Å². The van der Waals surface area contributed by atoms with Crippen molar-refractivity contribution in [2.24, 2.45) is 5.73 Å². The SMILES string of the molecule is CC(CC(C)(N)C(=O)O)Sc1ncnc2ccccc12. The molecular weight excluding hydrogens is 274 g/mol. The first-order chi connectivity index (χ1) is 9.40. The molecule has 0 aliphatic rings. The molecule has 0 bridgehead atoms. The van der Waals surface area contributed by atoms with Gasteiger partial charge in [-0.1, -0.05) is 25.1 Å². The lowest BCUT2D eigenvalue weighted by molar-refractivity contribution is -0.142. The van der Waals surface area contributed by atoms with Gasteiger partial charge in [-0.3, -0.25) is 4.79 Å². The fourth-order valence-corrected chi connectivity index (χ4v) is 3.21. The summed E-state index contributed by atoms with van der Waals surface area (Å²) < 4.78 is 0. The van der Waals surface area contributed by atoms with Crippen molar-refractivity contribution in [1.82, 2.24) is 9.97 Å². The maximum absolute atomic E-state index is 11.1. The van der Waals surface area contributed by atoms with Crippen molar-refractivity contribution < 1.29 is 9.90 Å². The van der Waals surface area contributed by atoms with E-state index in [4.69, 9.17) is 10.8 Å². The molecule has 0 aliphatic heterocycles. The van der Waals surface area contributed by atoms with E-state index in [2.05, 4.69) is 9.97 Å². The number of thioether (sulfide) groups is 1. The van der Waals surface area contributed by atoms with Crippen LogP contribution in [0.4, 0.5) is 0 Å². The Morgan fingerprint density at radius 3 is 2.85 bits per heavy atom. The van der Waals surface area contributed by atoms with Crippen molar-refractivity contribution in [3.63, 3.8) is 0 Å². The van der Waals surface area contributed by atoms with Crippen LogP contribution in [0.15, 0.2) is 35.6 Å². The number of hydrogen-bond donors (Lipinski definition) is 2. The quantitative estimate of drug-likeness (QED) is 0.649. The van der Waals surface area contributed by atoms with Crippen LogP contribution in [0.1, 0.15) is 20.3 Å². The molecule has 2 atom stereocenters. The Bertz CT molecular complexity index is 625. The first-order valence-corrected chi connectivity index (χ1v) is 7.17. The molecule has 1 aromatic heterocycles. The molecule has 1 aromatic carbocycles. The van der Waals surface area contributed by atoms with Crippen LogP contribution in [0, 0.1) is 0 Å². The Morgan fingerprint density at radius 1 is 1.45 bits per heavy atom. The molecule has 2 unspecified atom stereocenters. The molecule has 0 saturated carbocycles. The minimum atomic E-state index is -1.23. The van der Waals surface area contributed by atoms with Crippen molar-refractivity contribution in [2.45, 2.75) is 36.1 Å². The predicted octanol–water partition coefficient (Wildman–Crippen LogP) is 2.30. The number of rotatable bonds is 5. The molecule has 1 heterocycles. The maximum Gasteiger partial charge on any atom is 0.323 e. The highest BCUT2D eigenvalue weighted by atomic mass is 32.2. The summed E-state index contributed by atoms with van der Waals surface area (Å²) in [6.45, 7) is 3.49. The van der Waals surface area contributed by atoms with Crippen molar-refractivity contribution >= 4 is 28.6 Å². The summed E-state index contributed by atoms with van der Waals surface area (Å²) >= 11 is 1.52. The summed E-state index contributed by atoms with van der Waals surface area (Å²) in [5.74, 6) is -0.988. The van der Waals surface area contributed by atoms with E-state index in [9.17, 15) is 4.79 Å². The number of nitrogens with two attached hydrogens (primary N) is 1. The van der Waals surface area contributed by atoms with Gasteiger partial charge in [0.15, 0.2) is 0 Å². The highest BCUT2D eigenvalue weighted by Gasteiger charge is 2.30. The molecule has 5 nitrogen and oxygen atoms in total. The van der Waals surface area contributed by atoms with Crippen LogP contribution in [0.5, 0.6) is 0 Å². The van der Waals surface area contributed by atoms with Crippen LogP contribution in [-0.2, 0) is 4.79 Å². The smallest absolute Gasteiger partial charge is 0.323 e. The zero-order chi connectivity index (χ0) is 14.8. The minimum Gasteiger partial charge on any atom is -0.480 e. The third-order valence-corrected chi connectivity index (χ3v) is 4.14. The number of fused-ring (bicyclic) bond motifs is 1. The summed E-state index contributed by atoms with van der Waals surface area (Å²) in [6.07, 6.45) is 1.89. The van der Waals surface area contributed by atoms with Crippen LogP contribution in [0.2, 0.25) is 0 Å². The van der Waals surface area contributed by atoms with Crippen LogP contribution in [-0.4, -0.2) is 31.8 Å². The molecule has 0 saturated heterocycles. The Morgan fingerprint density at radius 2 is 2.15 bits per heavy atom. The highest BCUT2D eigenvalue weighted by molar-refractivity contribution is 8.00. The molecule has 0 radical (unpaired) electrons. The average Bonchev–Trinajstić information content (AvgIpc) is 2.38. The molecule has 2 rings (SSSR count). The van der Waals surface area contributed by atoms with E-state index < -0.39 is 11.5 Å². The van der Waals surface area contributed by atoms with Gasteiger partial charge in [0, 0.05) is 10.6 Å². The number of benzene rings is 1. The first kappa shape index (κ1) is 14.7. The zero-order valence-electron chi connectivity index (χ0n) is 11.4. The molecule has 3 N–H and O–H groups in total. The van der Waals surface area contributed by atoms with Gasteiger partial charge in [0.05, 0.1) is 5.52 Å². The molecular formula is C14H17N3O2S. The molecule has 2 aromatic rings. The number of carboxylic acids is 1. The molecule has 0 spiro atoms. The average molecular weight is 291 g/mol. The molecule has 6 heteroatoms. The number of aliphatic carboxylic acids is 1. The summed E-state index contributed by atoms with van der Waals surface area (Å²) in [5, 5.41) is 10.9. The van der Waals surface area contributed by atoms with Gasteiger partial charge in [-0.05, 0) is 19.4 Å². The number of aromatic nitrogens is 2. The summed E-state index contributed by atoms with van der Waals surface area (Å²) in [6, 6.07) is 7.75. The number of nitrogens with zero attached hydrogens (tertiary/aromatic N) is 2. The van der Waals surface area contributed by atoms with Crippen LogP contribution < -0.4 is 5.73 Å². The van der Waals surface area contributed by atoms with Gasteiger partial charge in [-0.2, -0.15) is 0 Å². The second-order valence-corrected chi connectivity index (χ2v) is 6.48. The monoisotopic (exact) mass is 291 g/mol. The summed E-state index contributed by atoms with van der Waals surface area (Å²) in [4.78, 5) is 19.6. The maximum atomic E-state index is 11.1. The first-order valence-electron chi connectivity index (χ1n) is 6.29. The fourth-order valence-electron chi connectivity index (χ4n) is 1.99. The Balaban J connectivity index is 2.18. The molecule has 20 heavy (non-hydrogen) atoms. The molecule has 0 fully saturated rings. The minimum absolute atomic E-state index is 0.0411. The third-order valence-electron chi connectivity index (χ3n) is 3.02. The van der Waals surface area contributed by atoms with E-state index >= 15 is 0 Å². The lowest BCUT2D eigenvalue weighted by Gasteiger charge is -2.23. The number of carbonyl (C=O) groups is 1. The van der Waals surface area contributed by atoms with E-state index in [0.29, 0.717) is 6.42 Å². The van der Waals surface area contributed by atoms with Gasteiger partial charge in [0.2, 0.25) is 0 Å². The Kier molecular flexibility index (Phi) is 4.25. The number of carboxylic acid groups (broad SMARTS) is 1. The second-order valence-electron chi connectivity index (χ2n) is 5.05. The lowest BCUT2D eigenvalue weighted by atomic mass is 9.98. The van der Waals surface area contributed by atoms with Gasteiger partial charge >= 0.3 is 5.97 Å². The van der Waals surface area contributed by atoms with Gasteiger partial charge in [0.1, 0.15) is 16.9 Å². The lowest BCUT2D eigenvalue weighted by Crippen LogP contribution is -2.46. The van der Waals surface area contributed by atoms with E-state index in [0.717, 1.165) is 15.9 Å². The largest absolute Gasteiger partial charge is 0.480 e. The van der Waals surface area contributed by atoms with Crippen LogP contribution in [0.3, 0.4) is 0 Å². The van der Waals surface area contributed by atoms with E-state index in [1.54, 1.807) is 0 Å². The van der Waals surface area contributed by atoms with E-state index in [1.165, 1.54) is 25.0 Å². The van der Waals surface area contributed by atoms with Gasteiger partial charge in [-0.25, -0.2) is 9.97 Å². The fraction of sp³-hybridized carbons (Fsp3) is 0.357. The van der Waals surface area contributed by atoms with Crippen molar-refractivity contribution in [2.75, 3.05) is 0 Å². The number of hydrogen-bond acceptors (Lipinski definition) is 5. The summed E-state index contributed by atoms with van der Waals surface area (Å²) in [7, 11) is 0. The van der Waals surface area contributed by atoms with Gasteiger partial charge in [0.25, 0.3) is 0 Å². The van der Waals surface area contributed by atoms with Gasteiger partial charge < -0.3 is 10.8 Å². The Hall–Kier alpha value is -1.66. The van der Waals surface area contributed by atoms with E-state index in [1.807, 2.05) is 31.2 Å². The number of para-hydroxylation sites is 1. The Labute approximate surface area is 121 Å². The third kappa shape index (κ3) is 3.26. The normalized spacial score (nSPS) is 15.8. The second kappa shape index (κ2) is 5.76. The van der Waals surface area contributed by atoms with Gasteiger partial charge in [-0.15, -0.1) is 11.8 Å². The molecule has 0 amide bonds. The summed E-state index contributed by atoms with van der Waals surface area (Å²) in [5.41, 5.74) is 5.43. The molecule has 106 valence electrons. The van der Waals surface area contributed by atoms with Crippen molar-refractivity contribution in [3.8, 4) is 0 Å². The van der Waals surface area contributed by atoms with Crippen molar-refractivity contribution in [1.29, 1.82) is 0 Å². The standard InChI is InChI=1S/C14H17N3O2S/c1-9(7-14(2,15)13(18)19)20-12-10-5-3-4-6-11(10)16-8-17-12/h3-6,8-9H,7,15H2,1-2H3,(H,18,19). The highest BCUT2D eigenvalue weighted by Crippen LogP contribution is 2.30. The molecule has 0 aliphatic carbocycles. The van der Waals surface area contributed by atoms with Crippen molar-refractivity contribution in [3.05, 3.63) is 30.6 Å². The van der Waals surface area contributed by atoms with E-state index in [-0.39, 0.29) is 5.25 Å². The van der Waals surface area contributed by atoms with Crippen LogP contribution in [0.25, 0.3) is 10.9 Å².